The Morgan fingerprint density at radius 2 is 1.10 bits per heavy atom. The third kappa shape index (κ3) is 10.1. The van der Waals surface area contributed by atoms with Crippen LogP contribution in [0.2, 0.25) is 0 Å². The van der Waals surface area contributed by atoms with E-state index in [0.29, 0.717) is 61.4 Å². The van der Waals surface area contributed by atoms with Gasteiger partial charge in [0, 0.05) is 35.3 Å². The first-order chi connectivity index (χ1) is 27.5. The van der Waals surface area contributed by atoms with E-state index in [1.165, 1.54) is 9.80 Å². The lowest BCUT2D eigenvalue weighted by molar-refractivity contribution is -0.147. The second-order valence-electron chi connectivity index (χ2n) is 16.5. The summed E-state index contributed by atoms with van der Waals surface area (Å²) in [6, 6.07) is 16.0. The molecule has 2 fully saturated rings. The van der Waals surface area contributed by atoms with Crippen LogP contribution >= 0.6 is 0 Å². The molecule has 308 valence electrons. The summed E-state index contributed by atoms with van der Waals surface area (Å²) in [5.41, 5.74) is 2.04. The number of esters is 1. The molecule has 2 atom stereocenters. The SMILES string of the molecule is CC(C)(C)OC(=O)N1CCC[C@H]1C(=N)OCC(=O)c1ccc2c(c1)OCc1ccccc1COc1cc(C(=O)COC(=O)[C@@H]3CCCN3C(=O)OC(C)(C)C)ccc1-2. The topological polar surface area (TPSA) is 171 Å². The van der Waals surface area contributed by atoms with Gasteiger partial charge >= 0.3 is 18.2 Å². The van der Waals surface area contributed by atoms with Gasteiger partial charge < -0.3 is 28.4 Å². The minimum atomic E-state index is -0.844. The standard InChI is InChI=1S/C44H51N3O11/c1-43(2,3)57-41(51)46-19-9-13-33(46)39(45)55-25-35(48)27-15-17-31-32-18-16-28(22-38(32)54-24-30-12-8-7-11-29(30)23-53-37(31)21-27)36(49)26-56-40(50)34-14-10-20-47(34)42(52)58-44(4,5)6/h7-8,11-12,15-18,21-22,33-34,45H,9-10,13-14,19-20,23-26H2,1-6H3/t33-,34-/m0/s1. The zero-order valence-corrected chi connectivity index (χ0v) is 33.9. The minimum Gasteiger partial charge on any atom is -0.488 e. The molecule has 2 saturated heterocycles. The number of ether oxygens (including phenoxy) is 6. The Morgan fingerprint density at radius 3 is 1.59 bits per heavy atom. The van der Waals surface area contributed by atoms with Gasteiger partial charge in [0.2, 0.25) is 5.90 Å². The van der Waals surface area contributed by atoms with Crippen molar-refractivity contribution >= 4 is 35.6 Å². The van der Waals surface area contributed by atoms with Crippen LogP contribution < -0.4 is 9.47 Å². The van der Waals surface area contributed by atoms with Crippen molar-refractivity contribution in [1.82, 2.24) is 9.80 Å². The molecule has 0 bridgehead atoms. The summed E-state index contributed by atoms with van der Waals surface area (Å²) in [5.74, 6) is -0.969. The molecule has 14 nitrogen and oxygen atoms in total. The Kier molecular flexibility index (Phi) is 12.4. The summed E-state index contributed by atoms with van der Waals surface area (Å²) in [6.07, 6.45) is 1.08. The monoisotopic (exact) mass is 797 g/mol. The van der Waals surface area contributed by atoms with E-state index in [-0.39, 0.29) is 30.2 Å². The highest BCUT2D eigenvalue weighted by Gasteiger charge is 2.38. The summed E-state index contributed by atoms with van der Waals surface area (Å²) < 4.78 is 34.7. The Morgan fingerprint density at radius 1 is 0.655 bits per heavy atom. The fourth-order valence-corrected chi connectivity index (χ4v) is 6.99. The van der Waals surface area contributed by atoms with E-state index in [0.717, 1.165) is 11.1 Å². The number of fused-ring (bicyclic) bond motifs is 4. The van der Waals surface area contributed by atoms with Crippen LogP contribution in [0.25, 0.3) is 11.1 Å². The van der Waals surface area contributed by atoms with Crippen LogP contribution in [0.3, 0.4) is 0 Å². The molecular weight excluding hydrogens is 746 g/mol. The lowest BCUT2D eigenvalue weighted by Crippen LogP contribution is -2.44. The second kappa shape index (κ2) is 17.3. The zero-order valence-electron chi connectivity index (χ0n) is 33.9. The maximum atomic E-state index is 13.5. The summed E-state index contributed by atoms with van der Waals surface area (Å²) in [4.78, 5) is 68.3. The predicted molar refractivity (Wildman–Crippen MR) is 212 cm³/mol. The maximum absolute atomic E-state index is 13.5. The lowest BCUT2D eigenvalue weighted by Gasteiger charge is -2.28. The van der Waals surface area contributed by atoms with E-state index in [1.807, 2.05) is 24.3 Å². The molecule has 3 aromatic rings. The predicted octanol–water partition coefficient (Wildman–Crippen LogP) is 7.53. The number of carbonyl (C=O) groups excluding carboxylic acids is 5. The Hall–Kier alpha value is -5.92. The molecule has 14 heteroatoms. The van der Waals surface area contributed by atoms with Crippen molar-refractivity contribution in [1.29, 1.82) is 5.41 Å². The third-order valence-corrected chi connectivity index (χ3v) is 9.82. The molecule has 0 aromatic heterocycles. The van der Waals surface area contributed by atoms with Gasteiger partial charge in [-0.05, 0) is 103 Å². The molecule has 1 N–H and O–H groups in total. The number of benzene rings is 3. The Bertz CT molecular complexity index is 1940. The number of Topliss-reactive ketones (excluding diaryl/α,β-unsaturated/α-hetero) is 2. The molecule has 3 aliphatic rings. The first-order valence-corrected chi connectivity index (χ1v) is 19.5. The highest BCUT2D eigenvalue weighted by molar-refractivity contribution is 6.01. The van der Waals surface area contributed by atoms with E-state index in [9.17, 15) is 24.0 Å². The Labute approximate surface area is 338 Å². The molecule has 0 radical (unpaired) electrons. The normalized spacial score (nSPS) is 17.7. The van der Waals surface area contributed by atoms with Gasteiger partial charge in [-0.3, -0.25) is 24.8 Å². The van der Waals surface area contributed by atoms with Gasteiger partial charge in [0.05, 0.1) is 0 Å². The molecule has 2 amide bonds. The molecule has 3 aromatic carbocycles. The van der Waals surface area contributed by atoms with Crippen molar-refractivity contribution < 1.29 is 52.4 Å². The van der Waals surface area contributed by atoms with Crippen molar-refractivity contribution in [2.45, 2.75) is 104 Å². The number of nitrogens with zero attached hydrogens (tertiary/aromatic N) is 2. The highest BCUT2D eigenvalue weighted by atomic mass is 16.6. The maximum Gasteiger partial charge on any atom is 0.411 e. The van der Waals surface area contributed by atoms with Crippen molar-refractivity contribution in [3.05, 3.63) is 82.9 Å². The highest BCUT2D eigenvalue weighted by Crippen LogP contribution is 2.40. The fourth-order valence-electron chi connectivity index (χ4n) is 6.99. The molecule has 0 aliphatic carbocycles. The molecule has 0 saturated carbocycles. The molecule has 58 heavy (non-hydrogen) atoms. The number of carbonyl (C=O) groups is 5. The largest absolute Gasteiger partial charge is 0.488 e. The average molecular weight is 798 g/mol. The fraction of sp³-hybridized carbons (Fsp3) is 0.455. The smallest absolute Gasteiger partial charge is 0.411 e. The zero-order chi connectivity index (χ0) is 41.8. The van der Waals surface area contributed by atoms with Gasteiger partial charge in [-0.1, -0.05) is 36.4 Å². The summed E-state index contributed by atoms with van der Waals surface area (Å²) in [5, 5.41) is 8.55. The third-order valence-electron chi connectivity index (χ3n) is 9.82. The van der Waals surface area contributed by atoms with Crippen molar-refractivity contribution in [3.63, 3.8) is 0 Å². The van der Waals surface area contributed by atoms with Crippen molar-refractivity contribution in [2.75, 3.05) is 26.3 Å². The van der Waals surface area contributed by atoms with Crippen molar-refractivity contribution in [3.8, 4) is 22.6 Å². The van der Waals surface area contributed by atoms with E-state index >= 15 is 0 Å². The lowest BCUT2D eigenvalue weighted by atomic mass is 9.97. The van der Waals surface area contributed by atoms with E-state index in [2.05, 4.69) is 0 Å². The van der Waals surface area contributed by atoms with Crippen LogP contribution in [0.15, 0.2) is 60.7 Å². The minimum absolute atomic E-state index is 0.183. The number of likely N-dealkylation sites (tertiary alicyclic amines) is 2. The quantitative estimate of drug-likeness (QED) is 0.0786. The number of ketones is 2. The Balaban J connectivity index is 1.18. The van der Waals surface area contributed by atoms with Crippen LogP contribution in [0, 0.1) is 5.41 Å². The van der Waals surface area contributed by atoms with Gasteiger partial charge in [-0.25, -0.2) is 14.4 Å². The first-order valence-electron chi connectivity index (χ1n) is 19.5. The van der Waals surface area contributed by atoms with Gasteiger partial charge in [-0.2, -0.15) is 0 Å². The molecular formula is C44H51N3O11. The molecule has 3 heterocycles. The van der Waals surface area contributed by atoms with Gasteiger partial charge in [0.25, 0.3) is 0 Å². The number of rotatable bonds is 8. The number of nitrogens with one attached hydrogen (secondary N) is 1. The number of hydrogen-bond acceptors (Lipinski definition) is 12. The summed E-state index contributed by atoms with van der Waals surface area (Å²) in [7, 11) is 0. The number of hydrogen-bond donors (Lipinski definition) is 1. The van der Waals surface area contributed by atoms with Crippen LogP contribution in [0.4, 0.5) is 9.59 Å². The summed E-state index contributed by atoms with van der Waals surface area (Å²) in [6.45, 7) is 10.8. The number of amides is 2. The van der Waals surface area contributed by atoms with Gasteiger partial charge in [0.15, 0.2) is 24.8 Å². The van der Waals surface area contributed by atoms with E-state index < -0.39 is 66.2 Å². The second-order valence-corrected chi connectivity index (χ2v) is 16.5. The van der Waals surface area contributed by atoms with Gasteiger partial charge in [-0.15, -0.1) is 0 Å². The average Bonchev–Trinajstić information content (AvgIpc) is 3.88. The van der Waals surface area contributed by atoms with Gasteiger partial charge in [0.1, 0.15) is 48.0 Å². The van der Waals surface area contributed by atoms with Crippen molar-refractivity contribution in [2.24, 2.45) is 0 Å². The molecule has 6 rings (SSSR count). The van der Waals surface area contributed by atoms with E-state index in [4.69, 9.17) is 33.8 Å². The molecule has 0 spiro atoms. The summed E-state index contributed by atoms with van der Waals surface area (Å²) >= 11 is 0. The van der Waals surface area contributed by atoms with Crippen LogP contribution in [0.5, 0.6) is 11.5 Å². The molecule has 3 aliphatic heterocycles. The van der Waals surface area contributed by atoms with Crippen LogP contribution in [-0.4, -0.2) is 95.0 Å². The first kappa shape index (κ1) is 41.7. The molecule has 0 unspecified atom stereocenters. The van der Waals surface area contributed by atoms with Crippen LogP contribution in [-0.2, 0) is 37.0 Å². The van der Waals surface area contributed by atoms with E-state index in [1.54, 1.807) is 77.9 Å². The van der Waals surface area contributed by atoms with Crippen LogP contribution in [0.1, 0.15) is 99.1 Å².